The minimum atomic E-state index is 0. The van der Waals surface area contributed by atoms with Gasteiger partial charge in [-0.05, 0) is 186 Å². The van der Waals surface area contributed by atoms with E-state index in [0.717, 1.165) is 88.4 Å². The Hall–Kier alpha value is -2.70. The SMILES string of the molecule is CCCCCc1cc(C2=C(CCCC)C(CCCC)=C(c3cc(CCCCC)c(CCCCC)c(CCCCC)c3)[N+]2=[N-])cc(CCCCC)c1CCCCC.[C-]#CCCCCCCCCCCCCC.[C-]#CCCCCCCCCCCCCC.[Pd+2]. The molecule has 0 aromatic heterocycles. The van der Waals surface area contributed by atoms with E-state index >= 15 is 0 Å². The standard InChI is InChI=1S/C54H88N2.2C15H27.Pd/c1-9-17-25-31-43-39-47(40-44(32-26-18-10-2)49(43)37-29-21-13-5)53-51(35-23-15-7)52(36-24-16-8)54(56(53)55)48-41-45(33-27-19-11-3)50(38-30-22-14-6)46(42-48)34-28-20-12-4;2*1-3-5-7-9-11-13-15-14-12-10-8-6-4-2;/h39-42H,9-38H2,1-8H3;2*3,5-15H2,1H3;/q;2*-1;+2. The molecular formula is C84H142N2Pd. The Morgan fingerprint density at radius 1 is 0.276 bits per heavy atom. The van der Waals surface area contributed by atoms with Crippen molar-refractivity contribution in [1.29, 1.82) is 0 Å². The Kier molecular flexibility index (Phi) is 59.0. The summed E-state index contributed by atoms with van der Waals surface area (Å²) in [7, 11) is 0. The quantitative estimate of drug-likeness (QED) is 0.0207. The largest absolute Gasteiger partial charge is 2.00 e. The number of allylic oxidation sites excluding steroid dienone is 2. The Morgan fingerprint density at radius 3 is 0.713 bits per heavy atom. The number of unbranched alkanes of at least 4 members (excludes halogenated alkanes) is 36. The van der Waals surface area contributed by atoms with Crippen LogP contribution in [0.3, 0.4) is 0 Å². The molecule has 1 heterocycles. The van der Waals surface area contributed by atoms with E-state index < -0.39 is 0 Å². The minimum Gasteiger partial charge on any atom is -0.694 e. The van der Waals surface area contributed by atoms with Gasteiger partial charge in [-0.2, -0.15) is 0 Å². The second-order valence-electron chi connectivity index (χ2n) is 26.4. The molecule has 0 bridgehead atoms. The molecule has 0 amide bonds. The van der Waals surface area contributed by atoms with Gasteiger partial charge in [-0.3, -0.25) is 0 Å². The molecule has 0 aliphatic carbocycles. The van der Waals surface area contributed by atoms with Crippen LogP contribution in [0.2, 0.25) is 0 Å². The van der Waals surface area contributed by atoms with Crippen LogP contribution < -0.4 is 0 Å². The van der Waals surface area contributed by atoms with Gasteiger partial charge in [0.25, 0.3) is 0 Å². The Morgan fingerprint density at radius 2 is 0.483 bits per heavy atom. The third-order valence-corrected chi connectivity index (χ3v) is 18.4. The zero-order valence-corrected chi connectivity index (χ0v) is 61.3. The summed E-state index contributed by atoms with van der Waals surface area (Å²) in [6.07, 6.45) is 82.0. The van der Waals surface area contributed by atoms with Crippen molar-refractivity contribution >= 4 is 11.4 Å². The number of hydrogen-bond donors (Lipinski definition) is 0. The van der Waals surface area contributed by atoms with Crippen molar-refractivity contribution in [1.82, 2.24) is 0 Å². The summed E-state index contributed by atoms with van der Waals surface area (Å²) >= 11 is 0. The first-order valence-corrected chi connectivity index (χ1v) is 38.3. The van der Waals surface area contributed by atoms with Crippen LogP contribution in [0.25, 0.3) is 16.9 Å². The van der Waals surface area contributed by atoms with E-state index in [1.165, 1.54) is 292 Å². The summed E-state index contributed by atoms with van der Waals surface area (Å²) in [4.78, 5) is 0. The molecule has 498 valence electrons. The van der Waals surface area contributed by atoms with Gasteiger partial charge in [0.05, 0.1) is 0 Å². The molecule has 1 aliphatic heterocycles. The number of benzene rings is 2. The first-order valence-electron chi connectivity index (χ1n) is 38.3. The number of hydrogen-bond acceptors (Lipinski definition) is 0. The molecule has 0 spiro atoms. The maximum atomic E-state index is 12.9. The molecule has 0 N–H and O–H groups in total. The Balaban J connectivity index is 0.00000194. The second kappa shape index (κ2) is 60.8. The first kappa shape index (κ1) is 84.3. The summed E-state index contributed by atoms with van der Waals surface area (Å²) in [6, 6.07) is 10.2. The predicted molar refractivity (Wildman–Crippen MR) is 385 cm³/mol. The molecule has 0 saturated heterocycles. The van der Waals surface area contributed by atoms with E-state index in [0.29, 0.717) is 0 Å². The maximum Gasteiger partial charge on any atom is 2.00 e. The van der Waals surface area contributed by atoms with Crippen molar-refractivity contribution in [3.8, 4) is 11.8 Å². The molecule has 87 heavy (non-hydrogen) atoms. The first-order chi connectivity index (χ1) is 42.3. The molecule has 2 nitrogen and oxygen atoms in total. The van der Waals surface area contributed by atoms with Gasteiger partial charge in [0.2, 0.25) is 11.4 Å². The third kappa shape index (κ3) is 38.7. The van der Waals surface area contributed by atoms with Gasteiger partial charge in [-0.15, -0.1) is 0 Å². The number of aryl methyl sites for hydroxylation is 4. The van der Waals surface area contributed by atoms with E-state index in [4.69, 9.17) is 12.8 Å². The fraction of sp³-hybridized carbons (Fsp3) is 0.762. The molecule has 2 aromatic carbocycles. The molecule has 0 saturated carbocycles. The minimum absolute atomic E-state index is 0. The summed E-state index contributed by atoms with van der Waals surface area (Å²) in [5.74, 6) is 4.90. The molecule has 0 fully saturated rings. The third-order valence-electron chi connectivity index (χ3n) is 18.4. The van der Waals surface area contributed by atoms with Crippen LogP contribution in [0.4, 0.5) is 0 Å². The van der Waals surface area contributed by atoms with Gasteiger partial charge in [0, 0.05) is 22.3 Å². The van der Waals surface area contributed by atoms with Gasteiger partial charge < -0.3 is 30.2 Å². The number of rotatable bonds is 54. The molecule has 0 unspecified atom stereocenters. The monoisotopic (exact) mass is 1290 g/mol. The number of nitrogens with zero attached hydrogens (tertiary/aromatic N) is 2. The average molecular weight is 1290 g/mol. The van der Waals surface area contributed by atoms with Gasteiger partial charge in [0.15, 0.2) is 0 Å². The van der Waals surface area contributed by atoms with Crippen molar-refractivity contribution in [3.63, 3.8) is 0 Å². The topological polar surface area (TPSA) is 25.3 Å². The summed E-state index contributed by atoms with van der Waals surface area (Å²) in [6.45, 7) is 23.2. The molecule has 3 rings (SSSR count). The van der Waals surface area contributed by atoms with Crippen molar-refractivity contribution in [2.45, 2.75) is 416 Å². The fourth-order valence-electron chi connectivity index (χ4n) is 13.0. The molecule has 0 atom stereocenters. The van der Waals surface area contributed by atoms with Crippen LogP contribution in [-0.2, 0) is 58.9 Å². The molecule has 2 aromatic rings. The molecular weight excluding hydrogens is 1140 g/mol. The Bertz CT molecular complexity index is 1890. The summed E-state index contributed by atoms with van der Waals surface area (Å²) in [5.41, 5.74) is 30.0. The Labute approximate surface area is 559 Å². The van der Waals surface area contributed by atoms with E-state index in [9.17, 15) is 5.53 Å². The second-order valence-corrected chi connectivity index (χ2v) is 26.4. The van der Waals surface area contributed by atoms with Crippen molar-refractivity contribution in [2.24, 2.45) is 0 Å². The van der Waals surface area contributed by atoms with E-state index in [2.05, 4.69) is 105 Å². The van der Waals surface area contributed by atoms with Crippen LogP contribution >= 0.6 is 0 Å². The van der Waals surface area contributed by atoms with Gasteiger partial charge in [-0.1, -0.05) is 288 Å². The van der Waals surface area contributed by atoms with Crippen molar-refractivity contribution in [3.05, 3.63) is 98.3 Å². The van der Waals surface area contributed by atoms with Crippen molar-refractivity contribution in [2.75, 3.05) is 0 Å². The molecule has 3 heteroatoms. The van der Waals surface area contributed by atoms with Crippen LogP contribution in [-0.4, -0.2) is 4.70 Å². The van der Waals surface area contributed by atoms with Gasteiger partial charge >= 0.3 is 20.4 Å². The maximum absolute atomic E-state index is 12.9. The van der Waals surface area contributed by atoms with E-state index in [-0.39, 0.29) is 20.4 Å². The molecule has 0 radical (unpaired) electrons. The van der Waals surface area contributed by atoms with Crippen LogP contribution in [0.5, 0.6) is 0 Å². The van der Waals surface area contributed by atoms with Crippen molar-refractivity contribution < 1.29 is 25.1 Å². The summed E-state index contributed by atoms with van der Waals surface area (Å²) in [5, 5.41) is 0. The van der Waals surface area contributed by atoms with E-state index in [1.54, 1.807) is 38.1 Å². The summed E-state index contributed by atoms with van der Waals surface area (Å²) < 4.78 is 1.73. The van der Waals surface area contributed by atoms with Crippen LogP contribution in [0.1, 0.15) is 422 Å². The molecule has 1 aliphatic rings. The normalized spacial score (nSPS) is 12.0. The van der Waals surface area contributed by atoms with Gasteiger partial charge in [-0.25, -0.2) is 4.70 Å². The smallest absolute Gasteiger partial charge is 0.694 e. The van der Waals surface area contributed by atoms with Gasteiger partial charge in [0.1, 0.15) is 0 Å². The average Bonchev–Trinajstić information content (AvgIpc) is 1.72. The zero-order chi connectivity index (χ0) is 62.9. The van der Waals surface area contributed by atoms with E-state index in [1.807, 2.05) is 0 Å². The van der Waals surface area contributed by atoms with Crippen LogP contribution in [0.15, 0.2) is 35.4 Å². The fourth-order valence-corrected chi connectivity index (χ4v) is 13.0. The zero-order valence-electron chi connectivity index (χ0n) is 59.7. The predicted octanol–water partition coefficient (Wildman–Crippen LogP) is 28.2. The van der Waals surface area contributed by atoms with Crippen LogP contribution in [0, 0.1) is 24.7 Å².